The molecule has 0 radical (unpaired) electrons. The lowest BCUT2D eigenvalue weighted by atomic mass is 10.3. The summed E-state index contributed by atoms with van der Waals surface area (Å²) in [6.45, 7) is 4.50. The summed E-state index contributed by atoms with van der Waals surface area (Å²) in [5, 5.41) is 6.08. The zero-order valence-electron chi connectivity index (χ0n) is 12.2. The Kier molecular flexibility index (Phi) is 5.60. The maximum Gasteiger partial charge on any atom is 0.407 e. The van der Waals surface area contributed by atoms with E-state index in [0.29, 0.717) is 6.54 Å². The largest absolute Gasteiger partial charge is 0.453 e. The van der Waals surface area contributed by atoms with Gasteiger partial charge in [0.2, 0.25) is 0 Å². The van der Waals surface area contributed by atoms with Crippen LogP contribution in [0.3, 0.4) is 0 Å². The normalized spacial score (nSPS) is 17.7. The number of alkyl carbamates (subject to hydrolysis) is 1. The van der Waals surface area contributed by atoms with Crippen molar-refractivity contribution >= 4 is 33.7 Å². The Morgan fingerprint density at radius 3 is 3.10 bits per heavy atom. The summed E-state index contributed by atoms with van der Waals surface area (Å²) in [4.78, 5) is 22.0. The van der Waals surface area contributed by atoms with Crippen molar-refractivity contribution in [2.24, 2.45) is 0 Å². The molecule has 0 aliphatic carbocycles. The van der Waals surface area contributed by atoms with E-state index in [2.05, 4.69) is 53.1 Å². The van der Waals surface area contributed by atoms with Crippen molar-refractivity contribution in [3.05, 3.63) is 10.8 Å². The summed E-state index contributed by atoms with van der Waals surface area (Å²) in [5.41, 5.74) is 0. The maximum absolute atomic E-state index is 11.3. The molecule has 0 saturated carbocycles. The van der Waals surface area contributed by atoms with Gasteiger partial charge in [-0.2, -0.15) is 0 Å². The van der Waals surface area contributed by atoms with Gasteiger partial charge in [-0.3, -0.25) is 0 Å². The molecular formula is C13H20BrN5O2. The fraction of sp³-hybridized carbons (Fsp3) is 0.615. The van der Waals surface area contributed by atoms with E-state index in [4.69, 9.17) is 0 Å². The highest BCUT2D eigenvalue weighted by Crippen LogP contribution is 2.31. The number of amides is 1. The van der Waals surface area contributed by atoms with Crippen molar-refractivity contribution in [2.75, 3.05) is 37.0 Å². The molecule has 1 aliphatic rings. The first-order valence-corrected chi connectivity index (χ1v) is 7.78. The third-order valence-electron chi connectivity index (χ3n) is 3.31. The highest BCUT2D eigenvalue weighted by molar-refractivity contribution is 9.10. The SMILES string of the molecule is CCCNc1ncnc(N2CCC(NC(=O)OC)C2)c1Br. The quantitative estimate of drug-likeness (QED) is 0.838. The van der Waals surface area contributed by atoms with Crippen molar-refractivity contribution in [2.45, 2.75) is 25.8 Å². The van der Waals surface area contributed by atoms with Crippen LogP contribution in [-0.4, -0.2) is 48.8 Å². The fourth-order valence-corrected chi connectivity index (χ4v) is 2.84. The molecule has 1 fully saturated rings. The van der Waals surface area contributed by atoms with E-state index in [1.165, 1.54) is 7.11 Å². The average molecular weight is 358 g/mol. The number of methoxy groups -OCH3 is 1. The average Bonchev–Trinajstić information content (AvgIpc) is 2.94. The fourth-order valence-electron chi connectivity index (χ4n) is 2.24. The molecule has 2 N–H and O–H groups in total. The van der Waals surface area contributed by atoms with Gasteiger partial charge in [0, 0.05) is 19.6 Å². The number of carbonyl (C=O) groups is 1. The van der Waals surface area contributed by atoms with Crippen LogP contribution in [0.5, 0.6) is 0 Å². The third kappa shape index (κ3) is 3.96. The first-order valence-electron chi connectivity index (χ1n) is 6.99. The molecule has 1 saturated heterocycles. The Morgan fingerprint density at radius 2 is 2.38 bits per heavy atom. The van der Waals surface area contributed by atoms with Crippen LogP contribution in [0.25, 0.3) is 0 Å². The number of hydrogen-bond donors (Lipinski definition) is 2. The molecule has 0 bridgehead atoms. The van der Waals surface area contributed by atoms with Crippen LogP contribution < -0.4 is 15.5 Å². The molecule has 0 aromatic carbocycles. The minimum absolute atomic E-state index is 0.0753. The molecule has 0 spiro atoms. The van der Waals surface area contributed by atoms with Crippen molar-refractivity contribution in [3.63, 3.8) is 0 Å². The van der Waals surface area contributed by atoms with Gasteiger partial charge >= 0.3 is 6.09 Å². The van der Waals surface area contributed by atoms with Crippen molar-refractivity contribution < 1.29 is 9.53 Å². The zero-order chi connectivity index (χ0) is 15.2. The van der Waals surface area contributed by atoms with Crippen molar-refractivity contribution in [3.8, 4) is 0 Å². The van der Waals surface area contributed by atoms with E-state index >= 15 is 0 Å². The lowest BCUT2D eigenvalue weighted by Gasteiger charge is -2.20. The highest BCUT2D eigenvalue weighted by atomic mass is 79.9. The Labute approximate surface area is 132 Å². The summed E-state index contributed by atoms with van der Waals surface area (Å²) in [5.74, 6) is 1.64. The monoisotopic (exact) mass is 357 g/mol. The number of aromatic nitrogens is 2. The van der Waals surface area contributed by atoms with Gasteiger partial charge < -0.3 is 20.3 Å². The number of carbonyl (C=O) groups excluding carboxylic acids is 1. The van der Waals surface area contributed by atoms with Crippen molar-refractivity contribution in [1.29, 1.82) is 0 Å². The van der Waals surface area contributed by atoms with Gasteiger partial charge in [0.05, 0.1) is 13.2 Å². The zero-order valence-corrected chi connectivity index (χ0v) is 13.8. The maximum atomic E-state index is 11.3. The Balaban J connectivity index is 2.04. The second kappa shape index (κ2) is 7.44. The number of nitrogens with zero attached hydrogens (tertiary/aromatic N) is 3. The second-order valence-corrected chi connectivity index (χ2v) is 5.65. The standard InChI is InChI=1S/C13H20BrN5O2/c1-3-5-15-11-10(14)12(17-8-16-11)19-6-4-9(7-19)18-13(20)21-2/h8-9H,3-7H2,1-2H3,(H,18,20)(H,15,16,17). The molecule has 1 unspecified atom stereocenters. The van der Waals surface area contributed by atoms with Crippen LogP contribution in [0.2, 0.25) is 0 Å². The molecule has 1 aliphatic heterocycles. The topological polar surface area (TPSA) is 79.4 Å². The molecule has 1 aromatic heterocycles. The number of anilines is 2. The number of rotatable bonds is 5. The van der Waals surface area contributed by atoms with E-state index in [0.717, 1.165) is 42.0 Å². The smallest absolute Gasteiger partial charge is 0.407 e. The van der Waals surface area contributed by atoms with E-state index in [1.54, 1.807) is 6.33 Å². The number of ether oxygens (including phenoxy) is 1. The molecule has 2 heterocycles. The highest BCUT2D eigenvalue weighted by Gasteiger charge is 2.27. The molecular weight excluding hydrogens is 338 g/mol. The minimum atomic E-state index is -0.395. The van der Waals surface area contributed by atoms with Crippen LogP contribution in [0, 0.1) is 0 Å². The summed E-state index contributed by atoms with van der Waals surface area (Å²) in [6.07, 6.45) is 3.05. The van der Waals surface area contributed by atoms with Gasteiger partial charge in [-0.25, -0.2) is 14.8 Å². The molecule has 1 atom stereocenters. The molecule has 2 rings (SSSR count). The second-order valence-electron chi connectivity index (χ2n) is 4.85. The summed E-state index contributed by atoms with van der Waals surface area (Å²) in [7, 11) is 1.37. The van der Waals surface area contributed by atoms with Crippen LogP contribution in [0.1, 0.15) is 19.8 Å². The van der Waals surface area contributed by atoms with Gasteiger partial charge in [0.25, 0.3) is 0 Å². The van der Waals surface area contributed by atoms with E-state index in [-0.39, 0.29) is 6.04 Å². The number of nitrogens with one attached hydrogen (secondary N) is 2. The number of hydrogen-bond acceptors (Lipinski definition) is 6. The third-order valence-corrected chi connectivity index (χ3v) is 4.04. The van der Waals surface area contributed by atoms with Crippen LogP contribution >= 0.6 is 15.9 Å². The van der Waals surface area contributed by atoms with Gasteiger partial charge in [-0.1, -0.05) is 6.92 Å². The van der Waals surface area contributed by atoms with E-state index < -0.39 is 6.09 Å². The minimum Gasteiger partial charge on any atom is -0.453 e. The predicted molar refractivity (Wildman–Crippen MR) is 84.7 cm³/mol. The summed E-state index contributed by atoms with van der Waals surface area (Å²) in [6, 6.07) is 0.0753. The lowest BCUT2D eigenvalue weighted by molar-refractivity contribution is 0.167. The first kappa shape index (κ1) is 15.8. The molecule has 1 aromatic rings. The van der Waals surface area contributed by atoms with E-state index in [9.17, 15) is 4.79 Å². The lowest BCUT2D eigenvalue weighted by Crippen LogP contribution is -2.37. The summed E-state index contributed by atoms with van der Waals surface area (Å²) < 4.78 is 5.49. The molecule has 1 amide bonds. The summed E-state index contributed by atoms with van der Waals surface area (Å²) >= 11 is 3.56. The van der Waals surface area contributed by atoms with Gasteiger partial charge in [0.1, 0.15) is 22.4 Å². The molecule has 21 heavy (non-hydrogen) atoms. The Hall–Kier alpha value is -1.57. The first-order chi connectivity index (χ1) is 10.2. The molecule has 116 valence electrons. The molecule has 8 heteroatoms. The number of halogens is 1. The Morgan fingerprint density at radius 1 is 1.57 bits per heavy atom. The van der Waals surface area contributed by atoms with Crippen LogP contribution in [-0.2, 0) is 4.74 Å². The van der Waals surface area contributed by atoms with E-state index in [1.807, 2.05) is 0 Å². The van der Waals surface area contributed by atoms with Crippen LogP contribution in [0.15, 0.2) is 10.8 Å². The van der Waals surface area contributed by atoms with Gasteiger partial charge in [-0.05, 0) is 28.8 Å². The molecule has 7 nitrogen and oxygen atoms in total. The van der Waals surface area contributed by atoms with Gasteiger partial charge in [-0.15, -0.1) is 0 Å². The van der Waals surface area contributed by atoms with Crippen molar-refractivity contribution in [1.82, 2.24) is 15.3 Å². The van der Waals surface area contributed by atoms with Gasteiger partial charge in [0.15, 0.2) is 0 Å². The Bertz CT molecular complexity index is 499. The van der Waals surface area contributed by atoms with Crippen LogP contribution in [0.4, 0.5) is 16.4 Å². The predicted octanol–water partition coefficient (Wildman–Crippen LogP) is 2.00.